The molecule has 1 aliphatic heterocycles. The molecule has 2 rings (SSSR count). The number of Topliss-reactive ketones (excluding diaryl/α,β-unsaturated/α-hetero) is 1. The Labute approximate surface area is 156 Å². The molecule has 2 aliphatic rings. The first-order chi connectivity index (χ1) is 12.3. The number of hydrogen-bond acceptors (Lipinski definition) is 3. The second kappa shape index (κ2) is 9.02. The van der Waals surface area contributed by atoms with Crippen LogP contribution < -0.4 is 10.7 Å². The van der Waals surface area contributed by atoms with Gasteiger partial charge in [0, 0.05) is 18.0 Å². The average molecular weight is 361 g/mol. The zero-order chi connectivity index (χ0) is 19.2. The van der Waals surface area contributed by atoms with Crippen molar-refractivity contribution in [1.29, 1.82) is 0 Å². The summed E-state index contributed by atoms with van der Waals surface area (Å²) in [6.45, 7) is 13.8. The van der Waals surface area contributed by atoms with Gasteiger partial charge in [-0.15, -0.1) is 0 Å². The van der Waals surface area contributed by atoms with Crippen molar-refractivity contribution in [3.8, 4) is 0 Å². The van der Waals surface area contributed by atoms with E-state index in [1.54, 1.807) is 4.90 Å². The summed E-state index contributed by atoms with van der Waals surface area (Å²) >= 11 is 0. The van der Waals surface area contributed by atoms with Gasteiger partial charge >= 0.3 is 0 Å². The molecule has 0 aromatic carbocycles. The van der Waals surface area contributed by atoms with Crippen LogP contribution in [0.2, 0.25) is 0 Å². The predicted octanol–water partition coefficient (Wildman–Crippen LogP) is 2.29. The van der Waals surface area contributed by atoms with Gasteiger partial charge in [0.15, 0.2) is 5.78 Å². The van der Waals surface area contributed by atoms with Gasteiger partial charge in [-0.1, -0.05) is 18.3 Å². The summed E-state index contributed by atoms with van der Waals surface area (Å²) in [7, 11) is 0. The lowest BCUT2D eigenvalue weighted by Gasteiger charge is -2.25. The van der Waals surface area contributed by atoms with Gasteiger partial charge in [-0.25, -0.2) is 4.99 Å². The van der Waals surface area contributed by atoms with Crippen LogP contribution in [0.5, 0.6) is 0 Å². The summed E-state index contributed by atoms with van der Waals surface area (Å²) in [6.07, 6.45) is 6.54. The van der Waals surface area contributed by atoms with Crippen LogP contribution in [-0.4, -0.2) is 47.2 Å². The van der Waals surface area contributed by atoms with E-state index < -0.39 is 6.04 Å². The molecule has 7 heteroatoms. The van der Waals surface area contributed by atoms with Crippen molar-refractivity contribution in [3.63, 3.8) is 0 Å². The normalized spacial score (nSPS) is 22.7. The molecular weight excluding hydrogens is 330 g/mol. The van der Waals surface area contributed by atoms with Gasteiger partial charge in [-0.2, -0.15) is 11.5 Å². The lowest BCUT2D eigenvalue weighted by atomic mass is 10.0. The fourth-order valence-electron chi connectivity index (χ4n) is 3.58. The maximum absolute atomic E-state index is 12.9. The molecule has 26 heavy (non-hydrogen) atoms. The third-order valence-corrected chi connectivity index (χ3v) is 4.85. The molecule has 1 aliphatic carbocycles. The summed E-state index contributed by atoms with van der Waals surface area (Å²) in [5.41, 5.74) is 2.25. The van der Waals surface area contributed by atoms with Crippen LogP contribution in [0, 0.1) is 12.5 Å². The number of aliphatic imine (C=N–C) groups is 1. The van der Waals surface area contributed by atoms with E-state index >= 15 is 0 Å². The van der Waals surface area contributed by atoms with Crippen molar-refractivity contribution in [2.24, 2.45) is 10.9 Å². The van der Waals surface area contributed by atoms with E-state index in [2.05, 4.69) is 20.7 Å². The molecule has 144 valence electrons. The smallest absolute Gasteiger partial charge is 0.263 e. The first-order valence-electron chi connectivity index (χ1n) is 9.60. The van der Waals surface area contributed by atoms with Crippen molar-refractivity contribution in [3.05, 3.63) is 11.5 Å². The Bertz CT molecular complexity index is 582. The largest absolute Gasteiger partial charge is 0.347 e. The van der Waals surface area contributed by atoms with Gasteiger partial charge < -0.3 is 10.2 Å². The van der Waals surface area contributed by atoms with Crippen LogP contribution in [-0.2, 0) is 9.59 Å². The molecular formula is C19H31N5O2. The molecule has 1 atom stereocenters. The summed E-state index contributed by atoms with van der Waals surface area (Å²) in [5, 5.41) is 3.13. The fraction of sp³-hybridized carbons (Fsp3) is 0.789. The Hall–Kier alpha value is -2.10. The minimum Gasteiger partial charge on any atom is -0.347 e. The third-order valence-electron chi connectivity index (χ3n) is 4.85. The van der Waals surface area contributed by atoms with Gasteiger partial charge in [-0.05, 0) is 52.9 Å². The highest BCUT2D eigenvalue weighted by Crippen LogP contribution is 2.26. The number of guanidine groups is 1. The molecule has 7 nitrogen and oxygen atoms in total. The van der Waals surface area contributed by atoms with E-state index in [1.807, 2.05) is 20.8 Å². The van der Waals surface area contributed by atoms with Crippen LogP contribution in [0.3, 0.4) is 0 Å². The predicted molar refractivity (Wildman–Crippen MR) is 101 cm³/mol. The van der Waals surface area contributed by atoms with E-state index in [0.29, 0.717) is 18.9 Å². The summed E-state index contributed by atoms with van der Waals surface area (Å²) in [6, 6.07) is -0.548. The second-order valence-corrected chi connectivity index (χ2v) is 8.30. The Morgan fingerprint density at radius 3 is 2.50 bits per heavy atom. The molecule has 1 heterocycles. The van der Waals surface area contributed by atoms with Gasteiger partial charge in [0.25, 0.3) is 5.96 Å². The zero-order valence-electron chi connectivity index (χ0n) is 16.2. The van der Waals surface area contributed by atoms with Gasteiger partial charge in [0.2, 0.25) is 5.91 Å². The van der Waals surface area contributed by atoms with Crippen LogP contribution >= 0.6 is 0 Å². The number of rotatable bonds is 4. The number of likely N-dealkylation sites (tertiary alicyclic amines) is 1. The average Bonchev–Trinajstić information content (AvgIpc) is 3.03. The Morgan fingerprint density at radius 1 is 1.23 bits per heavy atom. The first-order valence-corrected chi connectivity index (χ1v) is 9.60. The zero-order valence-corrected chi connectivity index (χ0v) is 16.2. The highest BCUT2D eigenvalue weighted by atomic mass is 16.2. The van der Waals surface area contributed by atoms with Crippen molar-refractivity contribution in [1.82, 2.24) is 15.6 Å². The number of ketones is 1. The second-order valence-electron chi connectivity index (χ2n) is 8.30. The standard InChI is InChI=1S/C19H31N5O2/c1-19(2,3)22-18(23-20-4)21-15-11-7-8-12-24(17(15)26)13-16(25)14-9-5-6-10-14/h14-15H,5-13H2,1-3H3,(H2,21,22,23). The number of nitrogens with one attached hydrogen (secondary N) is 2. The molecule has 0 radical (unpaired) electrons. The molecule has 0 bridgehead atoms. The van der Waals surface area contributed by atoms with Crippen molar-refractivity contribution < 1.29 is 9.59 Å². The fourth-order valence-corrected chi connectivity index (χ4v) is 3.58. The van der Waals surface area contributed by atoms with Crippen molar-refractivity contribution in [2.45, 2.75) is 77.3 Å². The SMILES string of the molecule is [C-]#[N+]NC(=NC1CCCCN(CC(=O)C2CCCC2)C1=O)NC(C)(C)C. The van der Waals surface area contributed by atoms with E-state index in [1.165, 1.54) is 0 Å². The van der Waals surface area contributed by atoms with Crippen LogP contribution in [0.25, 0.3) is 4.95 Å². The molecule has 0 spiro atoms. The van der Waals surface area contributed by atoms with Crippen molar-refractivity contribution in [2.75, 3.05) is 13.1 Å². The molecule has 0 aromatic heterocycles. The summed E-state index contributed by atoms with van der Waals surface area (Å²) < 4.78 is 0. The number of amides is 1. The van der Waals surface area contributed by atoms with E-state index in [9.17, 15) is 9.59 Å². The Morgan fingerprint density at radius 2 is 1.88 bits per heavy atom. The highest BCUT2D eigenvalue weighted by Gasteiger charge is 2.31. The molecule has 2 fully saturated rings. The molecule has 0 aromatic rings. The maximum atomic E-state index is 12.9. The van der Waals surface area contributed by atoms with Crippen LogP contribution in [0.1, 0.15) is 65.7 Å². The number of carbonyl (C=O) groups excluding carboxylic acids is 2. The number of nitrogens with zero attached hydrogens (tertiary/aromatic N) is 3. The molecule has 1 saturated carbocycles. The lowest BCUT2D eigenvalue weighted by Crippen LogP contribution is -2.48. The van der Waals surface area contributed by atoms with E-state index in [-0.39, 0.29) is 29.7 Å². The van der Waals surface area contributed by atoms with Gasteiger partial charge in [0.1, 0.15) is 6.04 Å². The van der Waals surface area contributed by atoms with Gasteiger partial charge in [0.05, 0.1) is 6.54 Å². The van der Waals surface area contributed by atoms with E-state index in [0.717, 1.165) is 38.5 Å². The van der Waals surface area contributed by atoms with E-state index in [4.69, 9.17) is 6.57 Å². The topological polar surface area (TPSA) is 78.2 Å². The third kappa shape index (κ3) is 6.01. The Balaban J connectivity index is 2.09. The Kier molecular flexibility index (Phi) is 7.01. The monoisotopic (exact) mass is 361 g/mol. The van der Waals surface area contributed by atoms with Crippen LogP contribution in [0.15, 0.2) is 4.99 Å². The van der Waals surface area contributed by atoms with Crippen LogP contribution in [0.4, 0.5) is 0 Å². The highest BCUT2D eigenvalue weighted by molar-refractivity contribution is 5.91. The lowest BCUT2D eigenvalue weighted by molar-refractivity contribution is -0.137. The van der Waals surface area contributed by atoms with Gasteiger partial charge in [-0.3, -0.25) is 9.59 Å². The number of hydrogen-bond donors (Lipinski definition) is 2. The first kappa shape index (κ1) is 20.2. The molecule has 1 saturated heterocycles. The molecule has 1 unspecified atom stereocenters. The quantitative estimate of drug-likeness (QED) is 0.349. The number of carbonyl (C=O) groups is 2. The minimum absolute atomic E-state index is 0.103. The molecule has 1 amide bonds. The summed E-state index contributed by atoms with van der Waals surface area (Å²) in [4.78, 5) is 34.8. The molecule has 2 N–H and O–H groups in total. The maximum Gasteiger partial charge on any atom is 0.263 e. The van der Waals surface area contributed by atoms with Crippen molar-refractivity contribution >= 4 is 17.6 Å². The summed E-state index contributed by atoms with van der Waals surface area (Å²) in [5.74, 6) is 0.520. The minimum atomic E-state index is -0.548.